The average molecular weight is 1450 g/mol. The number of para-hydroxylation sites is 4. The summed E-state index contributed by atoms with van der Waals surface area (Å²) < 4.78 is 13.0. The number of thiophene rings is 1. The molecule has 0 spiro atoms. The van der Waals surface area contributed by atoms with E-state index in [0.29, 0.717) is 0 Å². The van der Waals surface area contributed by atoms with Crippen LogP contribution in [0, 0.1) is 0 Å². The number of benzene rings is 16. The van der Waals surface area contributed by atoms with E-state index in [-0.39, 0.29) is 10.8 Å². The maximum absolute atomic E-state index is 6.90. The van der Waals surface area contributed by atoms with Crippen molar-refractivity contribution in [3.63, 3.8) is 0 Å². The van der Waals surface area contributed by atoms with Crippen LogP contribution in [-0.4, -0.2) is 9.13 Å². The molecule has 16 aromatic carbocycles. The molecule has 0 aliphatic heterocycles. The second kappa shape index (κ2) is 25.4. The summed E-state index contributed by atoms with van der Waals surface area (Å²) >= 11 is 1.84. The molecule has 0 bridgehead atoms. The lowest BCUT2D eigenvalue weighted by Gasteiger charge is -2.28. The molecule has 0 atom stereocenters. The molecule has 2 aliphatic carbocycles. The Labute approximate surface area is 654 Å². The average Bonchev–Trinajstić information content (AvgIpc) is 1.54. The van der Waals surface area contributed by atoms with E-state index in [1.54, 1.807) is 0 Å². The molecule has 5 nitrogen and oxygen atoms in total. The number of hydrogen-bond donors (Lipinski definition) is 0. The van der Waals surface area contributed by atoms with Crippen molar-refractivity contribution in [2.45, 2.75) is 38.5 Å². The fourth-order valence-electron chi connectivity index (χ4n) is 18.4. The van der Waals surface area contributed by atoms with Crippen molar-refractivity contribution in [2.75, 3.05) is 9.80 Å². The molecule has 0 unspecified atom stereocenters. The molecule has 112 heavy (non-hydrogen) atoms. The van der Waals surface area contributed by atoms with Gasteiger partial charge in [-0.1, -0.05) is 228 Å². The van der Waals surface area contributed by atoms with E-state index in [2.05, 4.69) is 423 Å². The van der Waals surface area contributed by atoms with Crippen LogP contribution >= 0.6 is 11.3 Å². The van der Waals surface area contributed by atoms with Gasteiger partial charge in [0, 0.05) is 98.4 Å². The van der Waals surface area contributed by atoms with Gasteiger partial charge in [-0.3, -0.25) is 0 Å². The Balaban J connectivity index is 0.572. The minimum Gasteiger partial charge on any atom is -0.456 e. The maximum Gasteiger partial charge on any atom is 0.135 e. The van der Waals surface area contributed by atoms with Crippen molar-refractivity contribution in [3.8, 4) is 88.8 Å². The van der Waals surface area contributed by atoms with Crippen LogP contribution < -0.4 is 9.80 Å². The number of fused-ring (bicyclic) bond motifs is 14. The highest BCUT2D eigenvalue weighted by molar-refractivity contribution is 7.22. The second-order valence-corrected chi connectivity index (χ2v) is 32.3. The van der Waals surface area contributed by atoms with Gasteiger partial charge in [0.25, 0.3) is 0 Å². The van der Waals surface area contributed by atoms with Gasteiger partial charge in [0.2, 0.25) is 0 Å². The van der Waals surface area contributed by atoms with Crippen LogP contribution in [0.15, 0.2) is 381 Å². The summed E-state index contributed by atoms with van der Waals surface area (Å²) in [5.41, 5.74) is 33.7. The van der Waals surface area contributed by atoms with E-state index in [9.17, 15) is 0 Å². The molecule has 2 aliphatic rings. The molecule has 6 heteroatoms. The standard InChI is InChI=1S/C106H74N4OS/c1-105(2)93-27-15-12-24-85(93)86-54-52-83(65-95(86)105)107(79-44-33-67(34-45-79)71-42-57-99-91(60-71)88-25-13-16-28-97(88)109(99)77-20-7-5-8-21-77)81-48-37-69(38-49-81)101-63-75-32-31-74(62-102(75)111-101)73-41-56-94-90(59-73)87-55-53-84(66-96(87)106(94,3)4)108(82-50-39-70(40-51-82)104-64-76-19-11-18-30-103(76)112-104)80-46-35-68(36-47-80)72-43-58-100-92(61-72)89-26-14-17-29-98(89)110(100)78-22-9-6-10-23-78/h5-66H,1-4H3. The van der Waals surface area contributed by atoms with E-state index in [1.807, 2.05) is 11.3 Å². The summed E-state index contributed by atoms with van der Waals surface area (Å²) in [5.74, 6) is 0.828. The van der Waals surface area contributed by atoms with Crippen molar-refractivity contribution in [3.05, 3.63) is 398 Å². The molecule has 0 radical (unpaired) electrons. The predicted octanol–water partition coefficient (Wildman–Crippen LogP) is 29.7. The first kappa shape index (κ1) is 65.3. The zero-order chi connectivity index (χ0) is 74.5. The van der Waals surface area contributed by atoms with Gasteiger partial charge in [-0.05, 0) is 265 Å². The maximum atomic E-state index is 6.90. The summed E-state index contributed by atoms with van der Waals surface area (Å²) in [5, 5.41) is 7.29. The quantitative estimate of drug-likeness (QED) is 0.115. The van der Waals surface area contributed by atoms with E-state index < -0.39 is 0 Å². The number of hydrogen-bond acceptors (Lipinski definition) is 4. The predicted molar refractivity (Wildman–Crippen MR) is 472 cm³/mol. The molecule has 0 N–H and O–H groups in total. The van der Waals surface area contributed by atoms with Gasteiger partial charge >= 0.3 is 0 Å². The third-order valence-corrected chi connectivity index (χ3v) is 25.3. The van der Waals surface area contributed by atoms with E-state index in [4.69, 9.17) is 4.42 Å². The van der Waals surface area contributed by atoms with Crippen LogP contribution in [0.4, 0.5) is 34.1 Å². The number of nitrogens with zero attached hydrogens (tertiary/aromatic N) is 4. The Morgan fingerprint density at radius 3 is 1.23 bits per heavy atom. The van der Waals surface area contributed by atoms with Crippen molar-refractivity contribution < 1.29 is 4.42 Å². The molecule has 0 amide bonds. The highest BCUT2D eigenvalue weighted by Crippen LogP contribution is 2.54. The van der Waals surface area contributed by atoms with Gasteiger partial charge in [-0.2, -0.15) is 0 Å². The molecule has 4 aromatic heterocycles. The first-order valence-corrected chi connectivity index (χ1v) is 39.6. The lowest BCUT2D eigenvalue weighted by atomic mass is 9.82. The number of furan rings is 1. The summed E-state index contributed by atoms with van der Waals surface area (Å²) in [7, 11) is 0. The molecule has 4 heterocycles. The summed E-state index contributed by atoms with van der Waals surface area (Å²) in [4.78, 5) is 6.10. The van der Waals surface area contributed by atoms with Crippen LogP contribution in [0.25, 0.3) is 153 Å². The largest absolute Gasteiger partial charge is 0.456 e. The monoisotopic (exact) mass is 1450 g/mol. The summed E-state index contributed by atoms with van der Waals surface area (Å²) in [6.07, 6.45) is 0. The highest BCUT2D eigenvalue weighted by Gasteiger charge is 2.38. The highest BCUT2D eigenvalue weighted by atomic mass is 32.1. The van der Waals surface area contributed by atoms with Crippen LogP contribution in [0.5, 0.6) is 0 Å². The Morgan fingerprint density at radius 1 is 0.259 bits per heavy atom. The molecule has 530 valence electrons. The zero-order valence-electron chi connectivity index (χ0n) is 62.4. The van der Waals surface area contributed by atoms with Crippen molar-refractivity contribution >= 4 is 110 Å². The SMILES string of the molecule is CC1(C)c2ccccc2-c2ccc(N(c3ccc(-c4ccc5c(c4)c4ccccc4n5-c4ccccc4)cc3)c3ccc(-c4cc5ccc(-c6ccc7c(c6)-c6ccc(N(c8ccc(-c9ccc%10c(c9)c9ccccc9n%10-c9ccccc9)cc8)c8ccc(-c9cc%10ccccc%10s9)cc8)cc6C7(C)C)cc5o4)cc3)cc21. The Hall–Kier alpha value is -13.8. The van der Waals surface area contributed by atoms with E-state index >= 15 is 0 Å². The van der Waals surface area contributed by atoms with Crippen molar-refractivity contribution in [1.29, 1.82) is 0 Å². The van der Waals surface area contributed by atoms with Crippen molar-refractivity contribution in [1.82, 2.24) is 9.13 Å². The zero-order valence-corrected chi connectivity index (χ0v) is 63.2. The normalized spacial score (nSPS) is 13.1. The van der Waals surface area contributed by atoms with Gasteiger partial charge < -0.3 is 23.4 Å². The first-order chi connectivity index (χ1) is 55.0. The minimum absolute atomic E-state index is 0.164. The van der Waals surface area contributed by atoms with E-state index in [1.165, 1.54) is 125 Å². The van der Waals surface area contributed by atoms with Crippen LogP contribution in [-0.2, 0) is 10.8 Å². The molecule has 0 fully saturated rings. The lowest BCUT2D eigenvalue weighted by Crippen LogP contribution is -2.16. The number of anilines is 6. The van der Waals surface area contributed by atoms with E-state index in [0.717, 1.165) is 84.5 Å². The molecule has 20 aromatic rings. The molecular formula is C106H74N4OS. The molecule has 22 rings (SSSR count). The Bertz CT molecular complexity index is 7120. The first-order valence-electron chi connectivity index (χ1n) is 38.7. The fourth-order valence-corrected chi connectivity index (χ4v) is 19.5. The van der Waals surface area contributed by atoms with Crippen molar-refractivity contribution in [2.24, 2.45) is 0 Å². The van der Waals surface area contributed by atoms with Gasteiger partial charge in [0.1, 0.15) is 11.3 Å². The molecule has 0 saturated carbocycles. The third-order valence-electron chi connectivity index (χ3n) is 24.1. The minimum atomic E-state index is -0.270. The number of aromatic nitrogens is 2. The number of rotatable bonds is 13. The summed E-state index contributed by atoms with van der Waals surface area (Å²) in [6.45, 7) is 9.48. The van der Waals surface area contributed by atoms with Gasteiger partial charge in [0.05, 0.1) is 22.1 Å². The lowest BCUT2D eigenvalue weighted by molar-refractivity contribution is 0.631. The summed E-state index contributed by atoms with van der Waals surface area (Å²) in [6, 6.07) is 139. The van der Waals surface area contributed by atoms with Crippen LogP contribution in [0.1, 0.15) is 49.9 Å². The Morgan fingerprint density at radius 2 is 0.670 bits per heavy atom. The second-order valence-electron chi connectivity index (χ2n) is 31.2. The van der Waals surface area contributed by atoms with Crippen LogP contribution in [0.3, 0.4) is 0 Å². The van der Waals surface area contributed by atoms with Gasteiger partial charge in [0.15, 0.2) is 0 Å². The van der Waals surface area contributed by atoms with Gasteiger partial charge in [-0.25, -0.2) is 0 Å². The molecular weight excluding hydrogens is 1380 g/mol. The molecule has 0 saturated heterocycles. The fraction of sp³-hybridized carbons (Fsp3) is 0.0566. The van der Waals surface area contributed by atoms with Crippen LogP contribution in [0.2, 0.25) is 0 Å². The third kappa shape index (κ3) is 10.5. The smallest absolute Gasteiger partial charge is 0.135 e. The topological polar surface area (TPSA) is 29.5 Å². The Kier molecular flexibility index (Phi) is 14.8. The van der Waals surface area contributed by atoms with Gasteiger partial charge in [-0.15, -0.1) is 11.3 Å².